The summed E-state index contributed by atoms with van der Waals surface area (Å²) in [5, 5.41) is 0. The van der Waals surface area contributed by atoms with Crippen molar-refractivity contribution in [2.75, 3.05) is 0 Å². The second-order valence-electron chi connectivity index (χ2n) is 3.92. The normalized spacial score (nSPS) is 10.1. The Labute approximate surface area is 104 Å². The fourth-order valence-corrected chi connectivity index (χ4v) is 1.57. The molecule has 0 saturated heterocycles. The Bertz CT molecular complexity index is 578. The van der Waals surface area contributed by atoms with Gasteiger partial charge in [-0.1, -0.05) is 29.8 Å². The first kappa shape index (κ1) is 12.1. The van der Waals surface area contributed by atoms with Crippen molar-refractivity contribution >= 4 is 12.3 Å². The number of hydrogen-bond acceptors (Lipinski definition) is 4. The van der Waals surface area contributed by atoms with E-state index in [4.69, 9.17) is 9.15 Å². The highest BCUT2D eigenvalue weighted by atomic mass is 16.5. The average Bonchev–Trinajstić information content (AvgIpc) is 2.72. The minimum atomic E-state index is -0.491. The Morgan fingerprint density at radius 2 is 1.94 bits per heavy atom. The largest absolute Gasteiger partial charge is 0.449 e. The van der Waals surface area contributed by atoms with Gasteiger partial charge >= 0.3 is 5.97 Å². The molecule has 0 aliphatic carbocycles. The van der Waals surface area contributed by atoms with Crippen LogP contribution in [0.25, 0.3) is 11.3 Å². The van der Waals surface area contributed by atoms with Crippen LogP contribution in [0.15, 0.2) is 34.7 Å². The molecule has 0 atom stereocenters. The van der Waals surface area contributed by atoms with Crippen molar-refractivity contribution in [3.8, 4) is 17.1 Å². The zero-order chi connectivity index (χ0) is 13.1. The van der Waals surface area contributed by atoms with Gasteiger partial charge in [-0.15, -0.1) is 0 Å². The first-order chi connectivity index (χ1) is 8.60. The lowest BCUT2D eigenvalue weighted by Gasteiger charge is -1.96. The number of rotatable bonds is 3. The van der Waals surface area contributed by atoms with Crippen LogP contribution in [0.1, 0.15) is 23.0 Å². The molecule has 2 aromatic rings. The molecule has 4 heteroatoms. The van der Waals surface area contributed by atoms with E-state index in [1.807, 2.05) is 31.2 Å². The zero-order valence-electron chi connectivity index (χ0n) is 10.1. The fourth-order valence-electron chi connectivity index (χ4n) is 1.57. The molecular formula is C14H12O4. The number of furan rings is 1. The van der Waals surface area contributed by atoms with Crippen LogP contribution in [-0.4, -0.2) is 12.3 Å². The molecule has 0 spiro atoms. The van der Waals surface area contributed by atoms with Crippen molar-refractivity contribution in [1.29, 1.82) is 0 Å². The van der Waals surface area contributed by atoms with E-state index in [1.54, 1.807) is 0 Å². The third-order valence-electron chi connectivity index (χ3n) is 2.42. The highest BCUT2D eigenvalue weighted by molar-refractivity contribution is 5.81. The maximum atomic E-state index is 10.9. The summed E-state index contributed by atoms with van der Waals surface area (Å²) in [6.07, 6.45) is 0.524. The van der Waals surface area contributed by atoms with Crippen molar-refractivity contribution < 1.29 is 18.7 Å². The van der Waals surface area contributed by atoms with Gasteiger partial charge in [-0.25, -0.2) is 0 Å². The summed E-state index contributed by atoms with van der Waals surface area (Å²) in [7, 11) is 0. The average molecular weight is 244 g/mol. The van der Waals surface area contributed by atoms with E-state index in [2.05, 4.69) is 0 Å². The Morgan fingerprint density at radius 1 is 1.28 bits per heavy atom. The fraction of sp³-hybridized carbons (Fsp3) is 0.143. The van der Waals surface area contributed by atoms with Crippen molar-refractivity contribution in [3.63, 3.8) is 0 Å². The molecule has 0 N–H and O–H groups in total. The lowest BCUT2D eigenvalue weighted by Crippen LogP contribution is -2.01. The smallest absolute Gasteiger partial charge is 0.308 e. The maximum absolute atomic E-state index is 10.9. The number of esters is 1. The third-order valence-corrected chi connectivity index (χ3v) is 2.42. The molecule has 0 radical (unpaired) electrons. The zero-order valence-corrected chi connectivity index (χ0v) is 10.1. The summed E-state index contributed by atoms with van der Waals surface area (Å²) < 4.78 is 10.2. The highest BCUT2D eigenvalue weighted by Crippen LogP contribution is 2.30. The summed E-state index contributed by atoms with van der Waals surface area (Å²) in [4.78, 5) is 21.7. The van der Waals surface area contributed by atoms with Gasteiger partial charge < -0.3 is 9.15 Å². The lowest BCUT2D eigenvalue weighted by atomic mass is 10.1. The van der Waals surface area contributed by atoms with Crippen molar-refractivity contribution in [2.45, 2.75) is 13.8 Å². The highest BCUT2D eigenvalue weighted by Gasteiger charge is 2.14. The second kappa shape index (κ2) is 4.87. The maximum Gasteiger partial charge on any atom is 0.308 e. The van der Waals surface area contributed by atoms with E-state index in [-0.39, 0.29) is 11.5 Å². The van der Waals surface area contributed by atoms with Crippen LogP contribution >= 0.6 is 0 Å². The molecule has 0 aliphatic rings. The third kappa shape index (κ3) is 2.48. The van der Waals surface area contributed by atoms with Crippen LogP contribution < -0.4 is 4.74 Å². The van der Waals surface area contributed by atoms with Crippen LogP contribution in [0.2, 0.25) is 0 Å². The van der Waals surface area contributed by atoms with Crippen LogP contribution in [0.3, 0.4) is 0 Å². The predicted octanol–water partition coefficient (Wildman–Crippen LogP) is 2.99. The second-order valence-corrected chi connectivity index (χ2v) is 3.92. The van der Waals surface area contributed by atoms with Crippen LogP contribution in [0.4, 0.5) is 0 Å². The van der Waals surface area contributed by atoms with Gasteiger partial charge in [0.2, 0.25) is 5.76 Å². The van der Waals surface area contributed by atoms with E-state index in [0.717, 1.165) is 11.1 Å². The molecule has 0 amide bonds. The summed E-state index contributed by atoms with van der Waals surface area (Å²) in [5.74, 6) is 0.163. The molecule has 0 unspecified atom stereocenters. The van der Waals surface area contributed by atoms with Gasteiger partial charge in [0.1, 0.15) is 5.76 Å². The minimum Gasteiger partial charge on any atom is -0.449 e. The van der Waals surface area contributed by atoms with E-state index in [0.29, 0.717) is 12.0 Å². The molecule has 18 heavy (non-hydrogen) atoms. The molecular weight excluding hydrogens is 232 g/mol. The van der Waals surface area contributed by atoms with Crippen LogP contribution in [-0.2, 0) is 4.79 Å². The first-order valence-electron chi connectivity index (χ1n) is 5.44. The summed E-state index contributed by atoms with van der Waals surface area (Å²) in [6.45, 7) is 3.25. The standard InChI is InChI=1S/C14H12O4/c1-9-3-5-11(6-4-9)12-7-13(17-10(2)16)14(8-15)18-12/h3-8H,1-2H3. The number of hydrogen-bond donors (Lipinski definition) is 0. The summed E-state index contributed by atoms with van der Waals surface area (Å²) in [5.41, 5.74) is 1.95. The van der Waals surface area contributed by atoms with Gasteiger partial charge in [0.25, 0.3) is 0 Å². The Kier molecular flexibility index (Phi) is 3.28. The SMILES string of the molecule is CC(=O)Oc1cc(-c2ccc(C)cc2)oc1C=O. The Hall–Kier alpha value is -2.36. The molecule has 0 saturated carbocycles. The van der Waals surface area contributed by atoms with Crippen LogP contribution in [0.5, 0.6) is 5.75 Å². The van der Waals surface area contributed by atoms with Gasteiger partial charge in [-0.3, -0.25) is 9.59 Å². The number of aryl methyl sites for hydroxylation is 1. The van der Waals surface area contributed by atoms with Crippen LogP contribution in [0, 0.1) is 6.92 Å². The molecule has 1 heterocycles. The molecule has 0 bridgehead atoms. The van der Waals surface area contributed by atoms with Gasteiger partial charge in [0.05, 0.1) is 0 Å². The topological polar surface area (TPSA) is 56.5 Å². The molecule has 0 fully saturated rings. The first-order valence-corrected chi connectivity index (χ1v) is 5.44. The molecule has 92 valence electrons. The quantitative estimate of drug-likeness (QED) is 0.615. The molecule has 0 aliphatic heterocycles. The van der Waals surface area contributed by atoms with Gasteiger partial charge in [-0.05, 0) is 6.92 Å². The predicted molar refractivity (Wildman–Crippen MR) is 65.6 cm³/mol. The molecule has 2 rings (SSSR count). The number of carbonyl (C=O) groups excluding carboxylic acids is 2. The number of ether oxygens (including phenoxy) is 1. The number of carbonyl (C=O) groups is 2. The van der Waals surface area contributed by atoms with Crippen molar-refractivity contribution in [2.24, 2.45) is 0 Å². The Balaban J connectivity index is 2.40. The van der Waals surface area contributed by atoms with E-state index >= 15 is 0 Å². The van der Waals surface area contributed by atoms with Crippen molar-refractivity contribution in [3.05, 3.63) is 41.7 Å². The number of aldehydes is 1. The van der Waals surface area contributed by atoms with Gasteiger partial charge in [-0.2, -0.15) is 0 Å². The summed E-state index contributed by atoms with van der Waals surface area (Å²) in [6, 6.07) is 9.16. The Morgan fingerprint density at radius 3 is 2.50 bits per heavy atom. The minimum absolute atomic E-state index is 0.0146. The van der Waals surface area contributed by atoms with Crippen molar-refractivity contribution in [1.82, 2.24) is 0 Å². The van der Waals surface area contributed by atoms with E-state index in [9.17, 15) is 9.59 Å². The van der Waals surface area contributed by atoms with Gasteiger partial charge in [0, 0.05) is 18.6 Å². The lowest BCUT2D eigenvalue weighted by molar-refractivity contribution is -0.131. The molecule has 4 nitrogen and oxygen atoms in total. The number of benzene rings is 1. The molecule has 1 aromatic heterocycles. The summed E-state index contributed by atoms with van der Waals surface area (Å²) >= 11 is 0. The monoisotopic (exact) mass is 244 g/mol. The molecule has 1 aromatic carbocycles. The van der Waals surface area contributed by atoms with E-state index < -0.39 is 5.97 Å². The van der Waals surface area contributed by atoms with E-state index in [1.165, 1.54) is 13.0 Å². The van der Waals surface area contributed by atoms with Gasteiger partial charge in [0.15, 0.2) is 12.0 Å².